The van der Waals surface area contributed by atoms with Crippen LogP contribution in [0.4, 0.5) is 4.39 Å². The van der Waals surface area contributed by atoms with Gasteiger partial charge in [0.05, 0.1) is 6.10 Å². The topological polar surface area (TPSA) is 41.6 Å². The van der Waals surface area contributed by atoms with E-state index >= 15 is 0 Å². The molecule has 0 saturated carbocycles. The van der Waals surface area contributed by atoms with Crippen molar-refractivity contribution >= 4 is 5.97 Å². The predicted molar refractivity (Wildman–Crippen MR) is 73.9 cm³/mol. The van der Waals surface area contributed by atoms with Gasteiger partial charge in [0.15, 0.2) is 0 Å². The van der Waals surface area contributed by atoms with Gasteiger partial charge in [0.25, 0.3) is 0 Å². The first-order valence-electron chi connectivity index (χ1n) is 7.20. The van der Waals surface area contributed by atoms with Gasteiger partial charge in [-0.05, 0) is 40.5 Å². The van der Waals surface area contributed by atoms with Gasteiger partial charge in [-0.15, -0.1) is 0 Å². The maximum atomic E-state index is 12.5. The summed E-state index contributed by atoms with van der Waals surface area (Å²) in [7, 11) is 0. The van der Waals surface area contributed by atoms with Crippen molar-refractivity contribution in [2.75, 3.05) is 19.8 Å². The van der Waals surface area contributed by atoms with Crippen LogP contribution in [0.1, 0.15) is 40.5 Å². The van der Waals surface area contributed by atoms with E-state index in [1.54, 1.807) is 0 Å². The number of hydrogen-bond acceptors (Lipinski definition) is 4. The van der Waals surface area contributed by atoms with Crippen molar-refractivity contribution in [2.24, 2.45) is 0 Å². The third-order valence-corrected chi connectivity index (χ3v) is 3.43. The normalized spacial score (nSPS) is 23.6. The minimum atomic E-state index is -0.330. The molecule has 0 radical (unpaired) electrons. The van der Waals surface area contributed by atoms with Crippen LogP contribution in [0.15, 0.2) is 0 Å². The van der Waals surface area contributed by atoms with Crippen molar-refractivity contribution in [1.82, 2.24) is 10.2 Å². The second kappa shape index (κ2) is 7.80. The zero-order chi connectivity index (χ0) is 14.4. The predicted octanol–water partition coefficient (Wildman–Crippen LogP) is 1.74. The standard InChI is InChI=1S/C14H27FN2O2/c1-10(2)17(8-7-15)9-12-5-6-13(16-12)14(18)19-11(3)4/h10-13,16H,5-9H2,1-4H3. The molecule has 0 aromatic carbocycles. The second-order valence-corrected chi connectivity index (χ2v) is 5.76. The number of ether oxygens (including phenoxy) is 1. The maximum absolute atomic E-state index is 12.5. The molecule has 2 unspecified atom stereocenters. The summed E-state index contributed by atoms with van der Waals surface area (Å²) in [5.41, 5.74) is 0. The highest BCUT2D eigenvalue weighted by Gasteiger charge is 2.31. The minimum absolute atomic E-state index is 0.0768. The summed E-state index contributed by atoms with van der Waals surface area (Å²) < 4.78 is 17.7. The molecule has 0 amide bonds. The molecule has 0 aromatic rings. The highest BCUT2D eigenvalue weighted by atomic mass is 19.1. The Kier molecular flexibility index (Phi) is 6.72. The molecule has 1 fully saturated rings. The van der Waals surface area contributed by atoms with E-state index < -0.39 is 0 Å². The van der Waals surface area contributed by atoms with Gasteiger partial charge < -0.3 is 10.1 Å². The molecule has 2 atom stereocenters. The molecular formula is C14H27FN2O2. The van der Waals surface area contributed by atoms with Crippen molar-refractivity contribution in [1.29, 1.82) is 0 Å². The summed E-state index contributed by atoms with van der Waals surface area (Å²) in [6.07, 6.45) is 1.66. The van der Waals surface area contributed by atoms with E-state index in [4.69, 9.17) is 4.74 Å². The molecule has 0 spiro atoms. The summed E-state index contributed by atoms with van der Waals surface area (Å²) in [4.78, 5) is 13.9. The van der Waals surface area contributed by atoms with Crippen molar-refractivity contribution in [3.8, 4) is 0 Å². The molecule has 112 valence electrons. The van der Waals surface area contributed by atoms with Crippen LogP contribution in [0.2, 0.25) is 0 Å². The van der Waals surface area contributed by atoms with Gasteiger partial charge in [-0.3, -0.25) is 9.69 Å². The second-order valence-electron chi connectivity index (χ2n) is 5.76. The lowest BCUT2D eigenvalue weighted by atomic mass is 10.1. The third-order valence-electron chi connectivity index (χ3n) is 3.43. The molecule has 1 N–H and O–H groups in total. The van der Waals surface area contributed by atoms with Crippen LogP contribution < -0.4 is 5.32 Å². The molecule has 5 heteroatoms. The Morgan fingerprint density at radius 1 is 1.37 bits per heavy atom. The zero-order valence-electron chi connectivity index (χ0n) is 12.5. The van der Waals surface area contributed by atoms with Crippen molar-refractivity contribution < 1.29 is 13.9 Å². The molecule has 0 aromatic heterocycles. The fraction of sp³-hybridized carbons (Fsp3) is 0.929. The largest absolute Gasteiger partial charge is 0.462 e. The zero-order valence-corrected chi connectivity index (χ0v) is 12.5. The fourth-order valence-corrected chi connectivity index (χ4v) is 2.42. The number of alkyl halides is 1. The lowest BCUT2D eigenvalue weighted by Crippen LogP contribution is -2.45. The SMILES string of the molecule is CC(C)OC(=O)C1CCC(CN(CCF)C(C)C)N1. The average molecular weight is 274 g/mol. The van der Waals surface area contributed by atoms with E-state index in [1.165, 1.54) is 0 Å². The van der Waals surface area contributed by atoms with Gasteiger partial charge in [-0.1, -0.05) is 0 Å². The Morgan fingerprint density at radius 2 is 2.05 bits per heavy atom. The highest BCUT2D eigenvalue weighted by Crippen LogP contribution is 2.16. The number of rotatable bonds is 7. The number of carbonyl (C=O) groups excluding carboxylic acids is 1. The first-order valence-corrected chi connectivity index (χ1v) is 7.20. The Balaban J connectivity index is 2.40. The van der Waals surface area contributed by atoms with Gasteiger partial charge in [0.2, 0.25) is 0 Å². The highest BCUT2D eigenvalue weighted by molar-refractivity contribution is 5.76. The van der Waals surface area contributed by atoms with E-state index in [2.05, 4.69) is 24.1 Å². The van der Waals surface area contributed by atoms with E-state index in [0.29, 0.717) is 12.6 Å². The Morgan fingerprint density at radius 3 is 2.58 bits per heavy atom. The molecule has 0 aliphatic carbocycles. The summed E-state index contributed by atoms with van der Waals surface area (Å²) >= 11 is 0. The quantitative estimate of drug-likeness (QED) is 0.718. The first-order chi connectivity index (χ1) is 8.93. The number of esters is 1. The van der Waals surface area contributed by atoms with Crippen molar-refractivity contribution in [3.05, 3.63) is 0 Å². The Hall–Kier alpha value is -0.680. The summed E-state index contributed by atoms with van der Waals surface area (Å²) in [5, 5.41) is 3.30. The Bertz CT molecular complexity index is 285. The monoisotopic (exact) mass is 274 g/mol. The number of nitrogens with zero attached hydrogens (tertiary/aromatic N) is 1. The van der Waals surface area contributed by atoms with Crippen LogP contribution in [-0.4, -0.2) is 54.9 Å². The number of nitrogens with one attached hydrogen (secondary N) is 1. The third kappa shape index (κ3) is 5.45. The van der Waals surface area contributed by atoms with Crippen LogP contribution >= 0.6 is 0 Å². The van der Waals surface area contributed by atoms with Gasteiger partial charge in [0, 0.05) is 25.2 Å². The van der Waals surface area contributed by atoms with Crippen molar-refractivity contribution in [2.45, 2.75) is 64.8 Å². The van der Waals surface area contributed by atoms with Gasteiger partial charge in [-0.2, -0.15) is 0 Å². The van der Waals surface area contributed by atoms with Gasteiger partial charge in [0.1, 0.15) is 12.7 Å². The molecule has 4 nitrogen and oxygen atoms in total. The van der Waals surface area contributed by atoms with Crippen LogP contribution in [0, 0.1) is 0 Å². The smallest absolute Gasteiger partial charge is 0.323 e. The van der Waals surface area contributed by atoms with Crippen LogP contribution in [0.5, 0.6) is 0 Å². The maximum Gasteiger partial charge on any atom is 0.323 e. The number of halogens is 1. The van der Waals surface area contributed by atoms with Crippen molar-refractivity contribution in [3.63, 3.8) is 0 Å². The summed E-state index contributed by atoms with van der Waals surface area (Å²) in [6.45, 7) is 8.75. The minimum Gasteiger partial charge on any atom is -0.462 e. The molecule has 1 aliphatic heterocycles. The van der Waals surface area contributed by atoms with Gasteiger partial charge >= 0.3 is 5.97 Å². The molecule has 1 heterocycles. The summed E-state index contributed by atoms with van der Waals surface area (Å²) in [6, 6.07) is 0.365. The van der Waals surface area contributed by atoms with Crippen LogP contribution in [-0.2, 0) is 9.53 Å². The lowest BCUT2D eigenvalue weighted by Gasteiger charge is -2.28. The first kappa shape index (κ1) is 16.4. The molecule has 19 heavy (non-hydrogen) atoms. The number of carbonyl (C=O) groups is 1. The van der Waals surface area contributed by atoms with E-state index in [9.17, 15) is 9.18 Å². The van der Waals surface area contributed by atoms with E-state index in [-0.39, 0.29) is 30.8 Å². The lowest BCUT2D eigenvalue weighted by molar-refractivity contribution is -0.149. The molecule has 0 bridgehead atoms. The average Bonchev–Trinajstić information content (AvgIpc) is 2.76. The van der Waals surface area contributed by atoms with Crippen LogP contribution in [0.25, 0.3) is 0 Å². The molecule has 1 rings (SSSR count). The molecule has 1 saturated heterocycles. The Labute approximate surface area is 115 Å². The number of hydrogen-bond donors (Lipinski definition) is 1. The molecule has 1 aliphatic rings. The van der Waals surface area contributed by atoms with E-state index in [0.717, 1.165) is 19.4 Å². The molecular weight excluding hydrogens is 247 g/mol. The summed E-state index contributed by atoms with van der Waals surface area (Å²) in [5.74, 6) is -0.168. The fourth-order valence-electron chi connectivity index (χ4n) is 2.42. The van der Waals surface area contributed by atoms with Crippen LogP contribution in [0.3, 0.4) is 0 Å². The van der Waals surface area contributed by atoms with E-state index in [1.807, 2.05) is 13.8 Å². The van der Waals surface area contributed by atoms with Gasteiger partial charge in [-0.25, -0.2) is 4.39 Å².